The van der Waals surface area contributed by atoms with Crippen molar-refractivity contribution in [2.24, 2.45) is 17.8 Å². The van der Waals surface area contributed by atoms with Crippen molar-refractivity contribution < 1.29 is 38.6 Å². The number of Topliss-reactive ketones (excluding diaryl/α,β-unsaturated/α-hetero) is 2. The molecule has 1 saturated carbocycles. The van der Waals surface area contributed by atoms with Gasteiger partial charge in [0.2, 0.25) is 0 Å². The predicted octanol–water partition coefficient (Wildman–Crippen LogP) is 4.08. The van der Waals surface area contributed by atoms with E-state index in [1.807, 2.05) is 36.4 Å². The number of benzene rings is 3. The Balaban J connectivity index is 1.27. The average Bonchev–Trinajstić information content (AvgIpc) is 3.02. The smallest absolute Gasteiger partial charge is 0.494 e. The lowest BCUT2D eigenvalue weighted by molar-refractivity contribution is -0.151. The average molecular weight is 579 g/mol. The number of ether oxygens (including phenoxy) is 1. The van der Waals surface area contributed by atoms with E-state index < -0.39 is 66.4 Å². The molecule has 3 N–H and O–H groups in total. The Morgan fingerprint density at radius 3 is 2.28 bits per heavy atom. The molecule has 0 aromatic heterocycles. The highest BCUT2D eigenvalue weighted by atomic mass is 16.6. The molecule has 7 rings (SSSR count). The largest absolute Gasteiger partial charge is 0.511 e. The molecular weight excluding hydrogens is 549 g/mol. The number of amides is 1. The summed E-state index contributed by atoms with van der Waals surface area (Å²) < 4.78 is 18.9. The minimum Gasteiger partial charge on any atom is -0.511 e. The minimum atomic E-state index is -1.30. The van der Waals surface area contributed by atoms with Gasteiger partial charge in [0.1, 0.15) is 11.9 Å². The Kier molecular flexibility index (Phi) is 6.72. The fourth-order valence-electron chi connectivity index (χ4n) is 7.27. The number of nitrogens with one attached hydrogen (secondary N) is 1. The Labute approximate surface area is 248 Å². The normalized spacial score (nSPS) is 30.1. The van der Waals surface area contributed by atoms with Gasteiger partial charge in [-0.05, 0) is 30.9 Å². The number of anilines is 1. The van der Waals surface area contributed by atoms with Gasteiger partial charge in [0, 0.05) is 34.7 Å². The summed E-state index contributed by atoms with van der Waals surface area (Å²) in [5, 5.41) is 26.2. The van der Waals surface area contributed by atoms with Crippen molar-refractivity contribution in [2.75, 3.05) is 5.32 Å². The number of rotatable bonds is 4. The molecule has 1 heterocycles. The predicted molar refractivity (Wildman–Crippen MR) is 157 cm³/mol. The number of allylic oxidation sites excluding steroid dienone is 1. The van der Waals surface area contributed by atoms with Crippen molar-refractivity contribution in [3.63, 3.8) is 0 Å². The monoisotopic (exact) mass is 579 g/mol. The molecule has 1 saturated heterocycles. The molecule has 3 aromatic carbocycles. The van der Waals surface area contributed by atoms with Gasteiger partial charge < -0.3 is 24.3 Å². The van der Waals surface area contributed by atoms with E-state index in [2.05, 4.69) is 5.32 Å². The lowest BCUT2D eigenvalue weighted by Gasteiger charge is -2.56. The molecule has 218 valence electrons. The Hall–Kier alpha value is -4.25. The zero-order valence-corrected chi connectivity index (χ0v) is 23.4. The van der Waals surface area contributed by atoms with Crippen molar-refractivity contribution in [3.8, 4) is 0 Å². The molecule has 10 heteroatoms. The first-order valence-electron chi connectivity index (χ1n) is 14.5. The molecule has 0 radical (unpaired) electrons. The molecule has 7 atom stereocenters. The summed E-state index contributed by atoms with van der Waals surface area (Å²) >= 11 is 0. The summed E-state index contributed by atoms with van der Waals surface area (Å²) in [5.41, 5.74) is 1.02. The highest BCUT2D eigenvalue weighted by molar-refractivity contribution is 6.61. The lowest BCUT2D eigenvalue weighted by Crippen LogP contribution is -2.66. The number of para-hydroxylation sites is 1. The number of aliphatic hydroxyl groups excluding tert-OH is 2. The highest BCUT2D eigenvalue weighted by Gasteiger charge is 2.63. The van der Waals surface area contributed by atoms with Crippen LogP contribution in [0, 0.1) is 17.8 Å². The molecule has 3 aromatic rings. The fraction of sp³-hybridized carbons (Fsp3) is 0.303. The van der Waals surface area contributed by atoms with Crippen LogP contribution in [0.15, 0.2) is 96.3 Å². The second-order valence-corrected chi connectivity index (χ2v) is 11.7. The van der Waals surface area contributed by atoms with Crippen LogP contribution < -0.4 is 10.8 Å². The van der Waals surface area contributed by atoms with Gasteiger partial charge >= 0.3 is 13.2 Å². The van der Waals surface area contributed by atoms with Gasteiger partial charge in [-0.15, -0.1) is 0 Å². The molecular formula is C33H30BNO8. The number of ketones is 2. The topological polar surface area (TPSA) is 131 Å². The number of hydrogen-bond acceptors (Lipinski definition) is 8. The van der Waals surface area contributed by atoms with Gasteiger partial charge in [0.05, 0.1) is 29.6 Å². The number of carbonyl (C=O) groups is 3. The summed E-state index contributed by atoms with van der Waals surface area (Å²) in [5.74, 6) is -4.16. The van der Waals surface area contributed by atoms with Crippen molar-refractivity contribution in [2.45, 2.75) is 43.7 Å². The van der Waals surface area contributed by atoms with Crippen LogP contribution >= 0.6 is 0 Å². The molecule has 1 aliphatic heterocycles. The van der Waals surface area contributed by atoms with Crippen LogP contribution in [-0.4, -0.2) is 58.9 Å². The van der Waals surface area contributed by atoms with E-state index in [9.17, 15) is 24.6 Å². The SMILES string of the molecule is C[C@H](OC(=O)Nc1ccccc1)C12CC(OB(c3ccccc3)O1)C1=C(O)C3C(=O)c4ccccc4C(=O)C3C(O)C1C2. The third kappa shape index (κ3) is 4.48. The molecule has 6 unspecified atom stereocenters. The van der Waals surface area contributed by atoms with E-state index in [-0.39, 0.29) is 29.7 Å². The molecule has 43 heavy (non-hydrogen) atoms. The van der Waals surface area contributed by atoms with E-state index >= 15 is 0 Å². The van der Waals surface area contributed by atoms with Gasteiger partial charge in [-0.2, -0.15) is 0 Å². The van der Waals surface area contributed by atoms with Crippen LogP contribution in [-0.2, 0) is 14.0 Å². The highest BCUT2D eigenvalue weighted by Crippen LogP contribution is 2.54. The van der Waals surface area contributed by atoms with Gasteiger partial charge in [-0.3, -0.25) is 14.9 Å². The zero-order valence-electron chi connectivity index (χ0n) is 23.4. The van der Waals surface area contributed by atoms with Crippen LogP contribution in [0.5, 0.6) is 0 Å². The van der Waals surface area contributed by atoms with Crippen LogP contribution in [0.1, 0.15) is 40.5 Å². The first-order valence-corrected chi connectivity index (χ1v) is 14.5. The van der Waals surface area contributed by atoms with Crippen LogP contribution in [0.2, 0.25) is 0 Å². The van der Waals surface area contributed by atoms with Gasteiger partial charge in [-0.25, -0.2) is 4.79 Å². The molecule has 1 amide bonds. The molecule has 3 aliphatic carbocycles. The molecule has 4 aliphatic rings. The third-order valence-electron chi connectivity index (χ3n) is 9.36. The first kappa shape index (κ1) is 27.6. The first-order chi connectivity index (χ1) is 20.8. The van der Waals surface area contributed by atoms with Gasteiger partial charge in [-0.1, -0.05) is 72.8 Å². The summed E-state index contributed by atoms with van der Waals surface area (Å²) in [6.07, 6.45) is -3.22. The minimum absolute atomic E-state index is 0.128. The molecule has 0 spiro atoms. The molecule has 2 bridgehead atoms. The van der Waals surface area contributed by atoms with Gasteiger partial charge in [0.25, 0.3) is 0 Å². The number of fused-ring (bicyclic) bond motifs is 6. The Morgan fingerprint density at radius 2 is 1.58 bits per heavy atom. The standard InChI is InChI=1S/C33H30BNO8/c1-18(41-32(40)35-20-12-6-3-7-13-20)33-16-23-25(24(17-33)42-34(43-33)19-10-4-2-5-11-19)31(39)27-26(30(23)38)28(36)21-14-8-9-15-22(21)29(27)37/h2-15,18,23-24,26-27,30,38-39H,16-17H2,1H3,(H,35,40)/t18-,23?,24?,26?,27?,30?,33?/m0/s1. The van der Waals surface area contributed by atoms with Gasteiger partial charge in [0.15, 0.2) is 11.6 Å². The van der Waals surface area contributed by atoms with E-state index in [0.717, 1.165) is 5.46 Å². The summed E-state index contributed by atoms with van der Waals surface area (Å²) in [7, 11) is -0.872. The van der Waals surface area contributed by atoms with Crippen molar-refractivity contribution >= 4 is 35.9 Å². The number of aliphatic hydroxyl groups is 2. The second-order valence-electron chi connectivity index (χ2n) is 11.7. The molecule has 2 fully saturated rings. The van der Waals surface area contributed by atoms with Crippen LogP contribution in [0.3, 0.4) is 0 Å². The summed E-state index contributed by atoms with van der Waals surface area (Å²) in [6.45, 7) is 1.73. The maximum atomic E-state index is 13.7. The Bertz CT molecular complexity index is 1630. The van der Waals surface area contributed by atoms with E-state index in [4.69, 9.17) is 14.0 Å². The fourth-order valence-corrected chi connectivity index (χ4v) is 7.27. The second kappa shape index (κ2) is 10.5. The van der Waals surface area contributed by atoms with E-state index in [0.29, 0.717) is 11.3 Å². The van der Waals surface area contributed by atoms with E-state index in [1.54, 1.807) is 55.5 Å². The zero-order chi connectivity index (χ0) is 29.9. The Morgan fingerprint density at radius 1 is 0.953 bits per heavy atom. The maximum Gasteiger partial charge on any atom is 0.494 e. The third-order valence-corrected chi connectivity index (χ3v) is 9.36. The summed E-state index contributed by atoms with van der Waals surface area (Å²) in [6, 6.07) is 24.7. The van der Waals surface area contributed by atoms with Crippen molar-refractivity contribution in [3.05, 3.63) is 107 Å². The lowest BCUT2D eigenvalue weighted by atomic mass is 9.56. The van der Waals surface area contributed by atoms with Crippen LogP contribution in [0.4, 0.5) is 10.5 Å². The molecule has 9 nitrogen and oxygen atoms in total. The number of carbonyl (C=O) groups excluding carboxylic acids is 3. The quantitative estimate of drug-likeness (QED) is 0.394. The van der Waals surface area contributed by atoms with Crippen molar-refractivity contribution in [1.82, 2.24) is 0 Å². The van der Waals surface area contributed by atoms with Crippen molar-refractivity contribution in [1.29, 1.82) is 0 Å². The van der Waals surface area contributed by atoms with Crippen LogP contribution in [0.25, 0.3) is 0 Å². The summed E-state index contributed by atoms with van der Waals surface area (Å²) in [4.78, 5) is 40.3. The number of hydrogen-bond donors (Lipinski definition) is 3. The van der Waals surface area contributed by atoms with E-state index in [1.165, 1.54) is 0 Å². The maximum absolute atomic E-state index is 13.7.